The molecule has 4 atom stereocenters. The number of carbonyl (C=O) groups excluding carboxylic acids is 1. The van der Waals surface area contributed by atoms with Crippen molar-refractivity contribution in [1.82, 2.24) is 4.90 Å². The average Bonchev–Trinajstić information content (AvgIpc) is 2.15. The zero-order valence-corrected chi connectivity index (χ0v) is 8.24. The van der Waals surface area contributed by atoms with Crippen LogP contribution in [0.2, 0.25) is 0 Å². The zero-order valence-electron chi connectivity index (χ0n) is 8.24. The number of aliphatic hydroxyl groups is 4. The Morgan fingerprint density at radius 1 is 1.21 bits per heavy atom. The summed E-state index contributed by atoms with van der Waals surface area (Å²) in [5.74, 6) is 0. The Balaban J connectivity index is 4.41. The minimum Gasteiger partial charge on any atom is -0.394 e. The van der Waals surface area contributed by atoms with Gasteiger partial charge < -0.3 is 25.2 Å². The molecule has 84 valence electrons. The van der Waals surface area contributed by atoms with Gasteiger partial charge in [0.15, 0.2) is 0 Å². The van der Waals surface area contributed by atoms with Crippen molar-refractivity contribution in [3.63, 3.8) is 0 Å². The number of hydrogen-bond donors (Lipinski definition) is 4. The normalized spacial score (nSPS) is 20.2. The van der Waals surface area contributed by atoms with Gasteiger partial charge in [-0.1, -0.05) is 0 Å². The number of likely N-dealkylation sites (N-methyl/N-ethyl adjacent to an activating group) is 1. The molecule has 0 aromatic carbocycles. The van der Waals surface area contributed by atoms with Gasteiger partial charge in [-0.25, -0.2) is 0 Å². The first-order valence-electron chi connectivity index (χ1n) is 4.22. The van der Waals surface area contributed by atoms with E-state index in [9.17, 15) is 15.0 Å². The lowest BCUT2D eigenvalue weighted by Crippen LogP contribution is -2.51. The zero-order chi connectivity index (χ0) is 11.3. The van der Waals surface area contributed by atoms with Crippen LogP contribution in [0.3, 0.4) is 0 Å². The van der Waals surface area contributed by atoms with E-state index in [-0.39, 0.29) is 0 Å². The lowest BCUT2D eigenvalue weighted by molar-refractivity contribution is -0.126. The maximum Gasteiger partial charge on any atom is 0.139 e. The van der Waals surface area contributed by atoms with Gasteiger partial charge in [0.05, 0.1) is 12.6 Å². The molecule has 0 heterocycles. The predicted molar refractivity (Wildman–Crippen MR) is 48.6 cm³/mol. The van der Waals surface area contributed by atoms with Crippen LogP contribution in [0.1, 0.15) is 0 Å². The van der Waals surface area contributed by atoms with E-state index in [1.807, 2.05) is 0 Å². The van der Waals surface area contributed by atoms with E-state index in [0.29, 0.717) is 6.29 Å². The van der Waals surface area contributed by atoms with Crippen LogP contribution in [0.15, 0.2) is 0 Å². The Morgan fingerprint density at radius 2 is 1.71 bits per heavy atom. The summed E-state index contributed by atoms with van der Waals surface area (Å²) in [7, 11) is 3.11. The van der Waals surface area contributed by atoms with Gasteiger partial charge in [-0.2, -0.15) is 0 Å². The molecule has 0 aromatic heterocycles. The Hall–Kier alpha value is -0.530. The van der Waals surface area contributed by atoms with Crippen molar-refractivity contribution in [2.45, 2.75) is 24.4 Å². The van der Waals surface area contributed by atoms with Gasteiger partial charge in [0, 0.05) is 0 Å². The van der Waals surface area contributed by atoms with Crippen LogP contribution in [0.25, 0.3) is 0 Å². The van der Waals surface area contributed by atoms with E-state index in [1.165, 1.54) is 4.90 Å². The highest BCUT2D eigenvalue weighted by Crippen LogP contribution is 2.06. The van der Waals surface area contributed by atoms with Crippen molar-refractivity contribution in [2.75, 3.05) is 20.7 Å². The molecule has 0 aliphatic heterocycles. The number of hydrogen-bond acceptors (Lipinski definition) is 6. The van der Waals surface area contributed by atoms with Crippen molar-refractivity contribution in [3.05, 3.63) is 0 Å². The summed E-state index contributed by atoms with van der Waals surface area (Å²) in [5.41, 5.74) is 0. The number of nitrogens with zero attached hydrogens (tertiary/aromatic N) is 1. The summed E-state index contributed by atoms with van der Waals surface area (Å²) in [6.07, 6.45) is -3.95. The molecule has 0 bridgehead atoms. The van der Waals surface area contributed by atoms with Crippen LogP contribution in [0, 0.1) is 0 Å². The smallest absolute Gasteiger partial charge is 0.139 e. The Labute approximate surface area is 82.4 Å². The molecule has 0 rings (SSSR count). The third kappa shape index (κ3) is 3.32. The van der Waals surface area contributed by atoms with Crippen molar-refractivity contribution in [2.24, 2.45) is 0 Å². The Bertz CT molecular complexity index is 175. The van der Waals surface area contributed by atoms with E-state index in [1.54, 1.807) is 14.1 Å². The number of carbonyl (C=O) groups is 1. The molecule has 0 saturated carbocycles. The monoisotopic (exact) mass is 207 g/mol. The predicted octanol–water partition coefficient (Wildman–Crippen LogP) is -2.81. The van der Waals surface area contributed by atoms with Gasteiger partial charge in [0.2, 0.25) is 0 Å². The quantitative estimate of drug-likeness (QED) is 0.351. The van der Waals surface area contributed by atoms with Crippen LogP contribution in [0.5, 0.6) is 0 Å². The van der Waals surface area contributed by atoms with Gasteiger partial charge in [-0.15, -0.1) is 0 Å². The molecule has 0 spiro atoms. The molecule has 0 aliphatic carbocycles. The topological polar surface area (TPSA) is 101 Å². The van der Waals surface area contributed by atoms with E-state index in [0.717, 1.165) is 0 Å². The summed E-state index contributed by atoms with van der Waals surface area (Å²) in [6, 6.07) is -0.911. The van der Waals surface area contributed by atoms with Gasteiger partial charge in [0.1, 0.15) is 24.6 Å². The van der Waals surface area contributed by atoms with Crippen LogP contribution in [-0.2, 0) is 4.79 Å². The maximum atomic E-state index is 10.5. The van der Waals surface area contributed by atoms with Gasteiger partial charge >= 0.3 is 0 Å². The lowest BCUT2D eigenvalue weighted by atomic mass is 10.0. The number of rotatable bonds is 6. The molecule has 4 N–H and O–H groups in total. The largest absolute Gasteiger partial charge is 0.394 e. The third-order valence-electron chi connectivity index (χ3n) is 2.02. The average molecular weight is 207 g/mol. The van der Waals surface area contributed by atoms with Crippen molar-refractivity contribution in [3.8, 4) is 0 Å². The maximum absolute atomic E-state index is 10.5. The number of aldehydes is 1. The van der Waals surface area contributed by atoms with E-state index in [4.69, 9.17) is 10.2 Å². The molecule has 0 unspecified atom stereocenters. The van der Waals surface area contributed by atoms with E-state index < -0.39 is 31.0 Å². The van der Waals surface area contributed by atoms with Gasteiger partial charge in [-0.3, -0.25) is 4.90 Å². The molecular formula is C8H17NO5. The van der Waals surface area contributed by atoms with E-state index >= 15 is 0 Å². The summed E-state index contributed by atoms with van der Waals surface area (Å²) >= 11 is 0. The first-order chi connectivity index (χ1) is 6.45. The molecule has 14 heavy (non-hydrogen) atoms. The molecule has 0 fully saturated rings. The van der Waals surface area contributed by atoms with Crippen LogP contribution in [-0.4, -0.2) is 76.7 Å². The first-order valence-corrected chi connectivity index (χ1v) is 4.22. The summed E-state index contributed by atoms with van der Waals surface area (Å²) < 4.78 is 0. The molecule has 6 nitrogen and oxygen atoms in total. The minimum absolute atomic E-state index is 0.470. The number of aliphatic hydroxyl groups excluding tert-OH is 4. The molecule has 0 aliphatic rings. The van der Waals surface area contributed by atoms with Crippen LogP contribution in [0.4, 0.5) is 0 Å². The highest BCUT2D eigenvalue weighted by Gasteiger charge is 2.31. The summed E-state index contributed by atoms with van der Waals surface area (Å²) in [4.78, 5) is 12.0. The Kier molecular flexibility index (Phi) is 5.82. The molecule has 0 radical (unpaired) electrons. The fourth-order valence-corrected chi connectivity index (χ4v) is 1.05. The van der Waals surface area contributed by atoms with Gasteiger partial charge in [0.25, 0.3) is 0 Å². The second-order valence-corrected chi connectivity index (χ2v) is 3.32. The SMILES string of the molecule is CN(C)[C@@H](C=O)[C@@H](O)[C@H](O)[C@H](O)CO. The van der Waals surface area contributed by atoms with Crippen molar-refractivity contribution >= 4 is 6.29 Å². The summed E-state index contributed by atoms with van der Waals surface area (Å²) in [6.45, 7) is -0.669. The second-order valence-electron chi connectivity index (χ2n) is 3.32. The standard InChI is InChI=1S/C8H17NO5/c1-9(2)5(3-10)7(13)8(14)6(12)4-11/h3,5-8,11-14H,4H2,1-2H3/t5-,6+,7+,8+/m0/s1. The highest BCUT2D eigenvalue weighted by atomic mass is 16.4. The van der Waals surface area contributed by atoms with Gasteiger partial charge in [-0.05, 0) is 14.1 Å². The Morgan fingerprint density at radius 3 is 2.00 bits per heavy atom. The highest BCUT2D eigenvalue weighted by molar-refractivity contribution is 5.58. The van der Waals surface area contributed by atoms with Crippen LogP contribution >= 0.6 is 0 Å². The molecule has 0 aromatic rings. The lowest BCUT2D eigenvalue weighted by Gasteiger charge is -2.29. The third-order valence-corrected chi connectivity index (χ3v) is 2.02. The summed E-state index contributed by atoms with van der Waals surface area (Å²) in [5, 5.41) is 36.3. The first kappa shape index (κ1) is 13.5. The van der Waals surface area contributed by atoms with Crippen LogP contribution < -0.4 is 0 Å². The minimum atomic E-state index is -1.54. The molecular weight excluding hydrogens is 190 g/mol. The molecule has 0 saturated heterocycles. The van der Waals surface area contributed by atoms with Crippen molar-refractivity contribution < 1.29 is 25.2 Å². The fraction of sp³-hybridized carbons (Fsp3) is 0.875. The molecule has 0 amide bonds. The fourth-order valence-electron chi connectivity index (χ4n) is 1.05. The van der Waals surface area contributed by atoms with E-state index in [2.05, 4.69) is 0 Å². The second kappa shape index (κ2) is 6.05. The van der Waals surface area contributed by atoms with Crippen molar-refractivity contribution in [1.29, 1.82) is 0 Å². The molecule has 6 heteroatoms.